The third-order valence-corrected chi connectivity index (χ3v) is 4.87. The Kier molecular flexibility index (Phi) is 6.53. The molecule has 0 atom stereocenters. The lowest BCUT2D eigenvalue weighted by Crippen LogP contribution is -2.14. The molecule has 0 unspecified atom stereocenters. The third-order valence-electron chi connectivity index (χ3n) is 4.13. The standard InChI is InChI=1S/C21H16Cl2F3N3O/c1-11(2)9-29-10-15(19(28-29)20(25)26)21(30)27-18-6-4-13(24)8-14(18)12-3-5-16(22)17(23)7-12/h3-8,10,20H,1,9H2,2H3,(H,27,30). The Balaban J connectivity index is 1.99. The molecule has 3 rings (SSSR count). The number of benzene rings is 2. The van der Waals surface area contributed by atoms with Crippen LogP contribution in [0.2, 0.25) is 10.0 Å². The van der Waals surface area contributed by atoms with E-state index in [-0.39, 0.29) is 22.8 Å². The lowest BCUT2D eigenvalue weighted by molar-refractivity contribution is 0.101. The van der Waals surface area contributed by atoms with Crippen LogP contribution >= 0.6 is 23.2 Å². The fourth-order valence-electron chi connectivity index (χ4n) is 2.85. The van der Waals surface area contributed by atoms with Gasteiger partial charge in [0.15, 0.2) is 0 Å². The Bertz CT molecular complexity index is 1130. The Labute approximate surface area is 180 Å². The van der Waals surface area contributed by atoms with Crippen molar-refractivity contribution in [1.29, 1.82) is 0 Å². The number of carbonyl (C=O) groups excluding carboxylic acids is 1. The Hall–Kier alpha value is -2.77. The summed E-state index contributed by atoms with van der Waals surface area (Å²) in [6, 6.07) is 8.35. The van der Waals surface area contributed by atoms with E-state index < -0.39 is 23.8 Å². The van der Waals surface area contributed by atoms with Crippen molar-refractivity contribution in [3.63, 3.8) is 0 Å². The molecule has 0 aliphatic heterocycles. The van der Waals surface area contributed by atoms with Gasteiger partial charge in [-0.05, 0) is 42.8 Å². The zero-order valence-electron chi connectivity index (χ0n) is 15.7. The summed E-state index contributed by atoms with van der Waals surface area (Å²) in [6.07, 6.45) is -1.71. The average Bonchev–Trinajstić information content (AvgIpc) is 3.09. The van der Waals surface area contributed by atoms with Gasteiger partial charge in [0.05, 0.1) is 22.2 Å². The van der Waals surface area contributed by atoms with Crippen LogP contribution in [0.3, 0.4) is 0 Å². The molecule has 4 nitrogen and oxygen atoms in total. The number of nitrogens with zero attached hydrogens (tertiary/aromatic N) is 2. The average molecular weight is 454 g/mol. The quantitative estimate of drug-likeness (QED) is 0.419. The second-order valence-corrected chi connectivity index (χ2v) is 7.47. The monoisotopic (exact) mass is 453 g/mol. The number of halogens is 5. The van der Waals surface area contributed by atoms with Gasteiger partial charge in [-0.1, -0.05) is 41.4 Å². The van der Waals surface area contributed by atoms with Crippen molar-refractivity contribution in [2.24, 2.45) is 0 Å². The first kappa shape index (κ1) is 21.9. The molecule has 3 aromatic rings. The van der Waals surface area contributed by atoms with Crippen molar-refractivity contribution in [1.82, 2.24) is 9.78 Å². The number of hydrogen-bond acceptors (Lipinski definition) is 2. The smallest absolute Gasteiger partial charge is 0.282 e. The number of alkyl halides is 2. The molecular formula is C21H16Cl2F3N3O. The molecule has 0 saturated carbocycles. The van der Waals surface area contributed by atoms with E-state index in [0.717, 1.165) is 6.07 Å². The summed E-state index contributed by atoms with van der Waals surface area (Å²) in [6.45, 7) is 5.62. The maximum atomic E-state index is 13.9. The van der Waals surface area contributed by atoms with E-state index in [1.807, 2.05) is 0 Å². The van der Waals surface area contributed by atoms with Crippen LogP contribution in [0.4, 0.5) is 18.9 Å². The molecule has 0 aliphatic carbocycles. The van der Waals surface area contributed by atoms with Gasteiger partial charge in [0.25, 0.3) is 12.3 Å². The predicted molar refractivity (Wildman–Crippen MR) is 112 cm³/mol. The number of amides is 1. The van der Waals surface area contributed by atoms with E-state index in [0.29, 0.717) is 21.7 Å². The van der Waals surface area contributed by atoms with Crippen LogP contribution in [0.15, 0.2) is 54.7 Å². The normalized spacial score (nSPS) is 11.0. The van der Waals surface area contributed by atoms with Crippen LogP contribution in [-0.4, -0.2) is 15.7 Å². The summed E-state index contributed by atoms with van der Waals surface area (Å²) in [7, 11) is 0. The van der Waals surface area contributed by atoms with Crippen LogP contribution < -0.4 is 5.32 Å². The zero-order valence-corrected chi connectivity index (χ0v) is 17.2. The largest absolute Gasteiger partial charge is 0.321 e. The molecule has 1 heterocycles. The van der Waals surface area contributed by atoms with Crippen LogP contribution in [0, 0.1) is 5.82 Å². The number of carbonyl (C=O) groups is 1. The molecule has 1 aromatic heterocycles. The predicted octanol–water partition coefficient (Wildman–Crippen LogP) is 6.76. The minimum absolute atomic E-state index is 0.193. The van der Waals surface area contributed by atoms with E-state index >= 15 is 0 Å². The van der Waals surface area contributed by atoms with Crippen molar-refractivity contribution in [3.05, 3.63) is 81.9 Å². The van der Waals surface area contributed by atoms with Gasteiger partial charge in [0.2, 0.25) is 0 Å². The maximum absolute atomic E-state index is 13.9. The van der Waals surface area contributed by atoms with Crippen LogP contribution in [0.1, 0.15) is 29.4 Å². The minimum atomic E-state index is -2.94. The second-order valence-electron chi connectivity index (χ2n) is 6.66. The lowest BCUT2D eigenvalue weighted by atomic mass is 10.0. The van der Waals surface area contributed by atoms with E-state index in [9.17, 15) is 18.0 Å². The first-order valence-corrected chi connectivity index (χ1v) is 9.47. The summed E-state index contributed by atoms with van der Waals surface area (Å²) in [5.74, 6) is -1.34. The maximum Gasteiger partial charge on any atom is 0.282 e. The van der Waals surface area contributed by atoms with Crippen molar-refractivity contribution < 1.29 is 18.0 Å². The molecular weight excluding hydrogens is 438 g/mol. The van der Waals surface area contributed by atoms with Crippen LogP contribution in [-0.2, 0) is 6.54 Å². The Morgan fingerprint density at radius 3 is 2.57 bits per heavy atom. The van der Waals surface area contributed by atoms with E-state index in [1.54, 1.807) is 13.0 Å². The highest BCUT2D eigenvalue weighted by Crippen LogP contribution is 2.34. The molecule has 30 heavy (non-hydrogen) atoms. The zero-order chi connectivity index (χ0) is 22.0. The highest BCUT2D eigenvalue weighted by atomic mass is 35.5. The number of aromatic nitrogens is 2. The van der Waals surface area contributed by atoms with Gasteiger partial charge in [-0.3, -0.25) is 9.48 Å². The van der Waals surface area contributed by atoms with Gasteiger partial charge in [-0.2, -0.15) is 5.10 Å². The van der Waals surface area contributed by atoms with Crippen molar-refractivity contribution in [2.75, 3.05) is 5.32 Å². The first-order valence-electron chi connectivity index (χ1n) is 8.72. The number of hydrogen-bond donors (Lipinski definition) is 1. The van der Waals surface area contributed by atoms with Crippen LogP contribution in [0.25, 0.3) is 11.1 Å². The van der Waals surface area contributed by atoms with Gasteiger partial charge >= 0.3 is 0 Å². The third kappa shape index (κ3) is 4.86. The SMILES string of the molecule is C=C(C)Cn1cc(C(=O)Nc2ccc(F)cc2-c2ccc(Cl)c(Cl)c2)c(C(F)F)n1. The molecule has 1 amide bonds. The fourth-order valence-corrected chi connectivity index (χ4v) is 3.15. The number of allylic oxidation sites excluding steroid dienone is 1. The van der Waals surface area contributed by atoms with Gasteiger partial charge in [-0.25, -0.2) is 13.2 Å². The summed E-state index contributed by atoms with van der Waals surface area (Å²) in [5, 5.41) is 6.90. The Morgan fingerprint density at radius 2 is 1.93 bits per heavy atom. The summed E-state index contributed by atoms with van der Waals surface area (Å²) in [4.78, 5) is 12.8. The summed E-state index contributed by atoms with van der Waals surface area (Å²) < 4.78 is 41.9. The van der Waals surface area contributed by atoms with Crippen molar-refractivity contribution >= 4 is 34.8 Å². The van der Waals surface area contributed by atoms with Crippen molar-refractivity contribution in [2.45, 2.75) is 19.9 Å². The minimum Gasteiger partial charge on any atom is -0.321 e. The van der Waals surface area contributed by atoms with Gasteiger partial charge in [0.1, 0.15) is 11.5 Å². The van der Waals surface area contributed by atoms with E-state index in [1.165, 1.54) is 35.1 Å². The van der Waals surface area contributed by atoms with E-state index in [2.05, 4.69) is 17.0 Å². The molecule has 0 spiro atoms. The highest BCUT2D eigenvalue weighted by molar-refractivity contribution is 6.42. The molecule has 0 bridgehead atoms. The number of nitrogens with one attached hydrogen (secondary N) is 1. The molecule has 0 aliphatic rings. The fraction of sp³-hybridized carbons (Fsp3) is 0.143. The van der Waals surface area contributed by atoms with Gasteiger partial charge < -0.3 is 5.32 Å². The molecule has 0 fully saturated rings. The first-order chi connectivity index (χ1) is 14.2. The van der Waals surface area contributed by atoms with Gasteiger partial charge in [-0.15, -0.1) is 0 Å². The Morgan fingerprint density at radius 1 is 1.20 bits per heavy atom. The second kappa shape index (κ2) is 8.93. The topological polar surface area (TPSA) is 46.9 Å². The molecule has 0 radical (unpaired) electrons. The van der Waals surface area contributed by atoms with Crippen molar-refractivity contribution in [3.8, 4) is 11.1 Å². The highest BCUT2D eigenvalue weighted by Gasteiger charge is 2.24. The summed E-state index contributed by atoms with van der Waals surface area (Å²) >= 11 is 12.0. The molecule has 1 N–H and O–H groups in total. The molecule has 2 aromatic carbocycles. The lowest BCUT2D eigenvalue weighted by Gasteiger charge is -2.12. The number of rotatable bonds is 6. The van der Waals surface area contributed by atoms with E-state index in [4.69, 9.17) is 23.2 Å². The summed E-state index contributed by atoms with van der Waals surface area (Å²) in [5.41, 5.74) is 0.780. The van der Waals surface area contributed by atoms with Crippen LogP contribution in [0.5, 0.6) is 0 Å². The molecule has 0 saturated heterocycles. The van der Waals surface area contributed by atoms with Gasteiger partial charge in [0, 0.05) is 17.4 Å². The molecule has 9 heteroatoms. The molecule has 156 valence electrons. The number of anilines is 1.